The van der Waals surface area contributed by atoms with Gasteiger partial charge in [0.2, 0.25) is 11.6 Å². The van der Waals surface area contributed by atoms with Crippen LogP contribution in [0.25, 0.3) is 0 Å². The van der Waals surface area contributed by atoms with Crippen LogP contribution in [0, 0.1) is 28.6 Å². The van der Waals surface area contributed by atoms with Crippen LogP contribution in [0.3, 0.4) is 0 Å². The summed E-state index contributed by atoms with van der Waals surface area (Å²) in [5.41, 5.74) is -8.17. The normalized spacial score (nSPS) is 47.7. The van der Waals surface area contributed by atoms with Gasteiger partial charge in [-0.25, -0.2) is 13.2 Å². The lowest BCUT2D eigenvalue weighted by Gasteiger charge is -2.63. The summed E-state index contributed by atoms with van der Waals surface area (Å²) >= 11 is 0. The lowest BCUT2D eigenvalue weighted by Crippen LogP contribution is -2.71. The number of hydrogen-bond donors (Lipinski definition) is 2. The van der Waals surface area contributed by atoms with E-state index in [2.05, 4.69) is 0 Å². The molecule has 0 unspecified atom stereocenters. The minimum Gasteiger partial charge on any atom is -0.450 e. The molecule has 2 N–H and O–H groups in total. The molecule has 6 nitrogen and oxygen atoms in total. The number of rotatable bonds is 4. The van der Waals surface area contributed by atoms with E-state index in [4.69, 9.17) is 4.74 Å². The molecular formula is C25H31F3O6. The van der Waals surface area contributed by atoms with Crippen LogP contribution >= 0.6 is 0 Å². The fraction of sp³-hybridized carbons (Fsp3) is 0.720. The molecule has 0 bridgehead atoms. The van der Waals surface area contributed by atoms with Gasteiger partial charge < -0.3 is 14.9 Å². The number of allylic oxidation sites excluding steroid dienone is 4. The van der Waals surface area contributed by atoms with Crippen molar-refractivity contribution >= 4 is 17.5 Å². The van der Waals surface area contributed by atoms with Gasteiger partial charge >= 0.3 is 5.97 Å². The largest absolute Gasteiger partial charge is 0.450 e. The minimum atomic E-state index is -2.53. The fourth-order valence-corrected chi connectivity index (χ4v) is 7.85. The number of alkyl halides is 2. The average Bonchev–Trinajstić information content (AvgIpc) is 3.00. The van der Waals surface area contributed by atoms with Crippen LogP contribution in [-0.4, -0.2) is 57.9 Å². The van der Waals surface area contributed by atoms with Gasteiger partial charge in [0.1, 0.15) is 12.8 Å². The topological polar surface area (TPSA) is 101 Å². The van der Waals surface area contributed by atoms with Crippen molar-refractivity contribution in [1.82, 2.24) is 0 Å². The molecule has 4 aliphatic rings. The second-order valence-electron chi connectivity index (χ2n) is 10.7. The number of ether oxygens (including phenoxy) is 1. The molecule has 0 amide bonds. The van der Waals surface area contributed by atoms with Crippen LogP contribution in [0.4, 0.5) is 13.2 Å². The van der Waals surface area contributed by atoms with E-state index in [9.17, 15) is 29.0 Å². The number of carbonyl (C=O) groups is 3. The molecule has 9 heteroatoms. The minimum absolute atomic E-state index is 0.0379. The van der Waals surface area contributed by atoms with Crippen LogP contribution in [0.15, 0.2) is 23.6 Å². The molecular weight excluding hydrogens is 453 g/mol. The van der Waals surface area contributed by atoms with E-state index in [0.29, 0.717) is 0 Å². The van der Waals surface area contributed by atoms with Gasteiger partial charge in [-0.15, -0.1) is 0 Å². The first-order valence-corrected chi connectivity index (χ1v) is 11.8. The van der Waals surface area contributed by atoms with Gasteiger partial charge in [0.25, 0.3) is 0 Å². The summed E-state index contributed by atoms with van der Waals surface area (Å²) in [7, 11) is 0. The van der Waals surface area contributed by atoms with Crippen LogP contribution in [0.1, 0.15) is 53.4 Å². The van der Waals surface area contributed by atoms with Crippen molar-refractivity contribution in [3.05, 3.63) is 23.6 Å². The molecule has 4 rings (SSSR count). The zero-order valence-electron chi connectivity index (χ0n) is 19.7. The van der Waals surface area contributed by atoms with Crippen molar-refractivity contribution in [3.8, 4) is 0 Å². The number of hydrogen-bond acceptors (Lipinski definition) is 6. The zero-order chi connectivity index (χ0) is 25.4. The van der Waals surface area contributed by atoms with E-state index in [1.165, 1.54) is 6.92 Å². The van der Waals surface area contributed by atoms with Crippen LogP contribution < -0.4 is 0 Å². The van der Waals surface area contributed by atoms with Crippen molar-refractivity contribution in [1.29, 1.82) is 0 Å². The first kappa shape index (κ1) is 25.1. The Morgan fingerprint density at radius 1 is 1.24 bits per heavy atom. The number of ketones is 2. The van der Waals surface area contributed by atoms with Gasteiger partial charge in [-0.1, -0.05) is 26.8 Å². The first-order chi connectivity index (χ1) is 15.8. The van der Waals surface area contributed by atoms with Crippen LogP contribution in [0.2, 0.25) is 0 Å². The van der Waals surface area contributed by atoms with Crippen molar-refractivity contribution in [2.75, 3.05) is 6.61 Å². The highest BCUT2D eigenvalue weighted by atomic mass is 19.2. The molecule has 0 saturated heterocycles. The van der Waals surface area contributed by atoms with Crippen molar-refractivity contribution < 1.29 is 42.5 Å². The van der Waals surface area contributed by atoms with Gasteiger partial charge in [-0.3, -0.25) is 14.4 Å². The Balaban J connectivity index is 1.90. The number of aliphatic hydroxyl groups is 2. The molecule has 9 atom stereocenters. The number of Topliss-reactive ketones (excluding diaryl/α,β-unsaturated/α-hetero) is 1. The monoisotopic (exact) mass is 484 g/mol. The summed E-state index contributed by atoms with van der Waals surface area (Å²) in [6.45, 7) is 5.20. The number of halogens is 3. The maximum Gasteiger partial charge on any atom is 0.306 e. The Bertz CT molecular complexity index is 1010. The summed E-state index contributed by atoms with van der Waals surface area (Å²) in [5, 5.41) is 21.1. The van der Waals surface area contributed by atoms with Gasteiger partial charge in [0, 0.05) is 34.7 Å². The number of fused-ring (bicyclic) bond motifs is 5. The molecule has 0 spiro atoms. The lowest BCUT2D eigenvalue weighted by molar-refractivity contribution is -0.232. The van der Waals surface area contributed by atoms with E-state index in [1.54, 1.807) is 20.8 Å². The molecule has 188 valence electrons. The summed E-state index contributed by atoms with van der Waals surface area (Å²) in [6, 6.07) is 0. The third kappa shape index (κ3) is 2.74. The Labute approximate surface area is 196 Å². The smallest absolute Gasteiger partial charge is 0.306 e. The third-order valence-electron chi connectivity index (χ3n) is 9.37. The fourth-order valence-electron chi connectivity index (χ4n) is 7.85. The summed E-state index contributed by atoms with van der Waals surface area (Å²) in [5.74, 6) is -6.33. The first-order valence-electron chi connectivity index (χ1n) is 11.8. The molecule has 0 aliphatic heterocycles. The van der Waals surface area contributed by atoms with Crippen molar-refractivity contribution in [3.63, 3.8) is 0 Å². The third-order valence-corrected chi connectivity index (χ3v) is 9.37. The van der Waals surface area contributed by atoms with E-state index in [-0.39, 0.29) is 19.3 Å². The highest BCUT2D eigenvalue weighted by Gasteiger charge is 2.78. The highest BCUT2D eigenvalue weighted by Crippen LogP contribution is 2.72. The van der Waals surface area contributed by atoms with Crippen molar-refractivity contribution in [2.24, 2.45) is 28.6 Å². The second kappa shape index (κ2) is 7.75. The molecule has 3 fully saturated rings. The summed E-state index contributed by atoms with van der Waals surface area (Å²) in [6.07, 6.45) is -2.44. The van der Waals surface area contributed by atoms with Gasteiger partial charge in [0.05, 0.1) is 6.10 Å². The van der Waals surface area contributed by atoms with Crippen LogP contribution in [-0.2, 0) is 19.1 Å². The molecule has 0 aromatic carbocycles. The highest BCUT2D eigenvalue weighted by molar-refractivity contribution is 6.04. The SMILES string of the molecule is CCC(=O)O[C@]1(C(=O)CO)[C@H](C)C[C@H]2[C@@H]3C[C@H](F)C4=C(F)C(=O)C=C[C@]4(C)[C@@]3(F)[C@@H](O)C[C@@]21C. The Kier molecular flexibility index (Phi) is 5.72. The van der Waals surface area contributed by atoms with E-state index in [1.807, 2.05) is 0 Å². The second-order valence-corrected chi connectivity index (χ2v) is 10.7. The molecule has 0 aromatic heterocycles. The summed E-state index contributed by atoms with van der Waals surface area (Å²) in [4.78, 5) is 37.5. The zero-order valence-corrected chi connectivity index (χ0v) is 19.7. The predicted molar refractivity (Wildman–Crippen MR) is 114 cm³/mol. The molecule has 34 heavy (non-hydrogen) atoms. The molecule has 0 radical (unpaired) electrons. The predicted octanol–water partition coefficient (Wildman–Crippen LogP) is 3.10. The Morgan fingerprint density at radius 2 is 1.88 bits per heavy atom. The summed E-state index contributed by atoms with van der Waals surface area (Å²) < 4.78 is 53.2. The van der Waals surface area contributed by atoms with Gasteiger partial charge in [0.15, 0.2) is 17.1 Å². The molecule has 0 heterocycles. The standard InChI is InChI=1S/C25H31F3O6/c1-5-19(33)34-25(18(32)11-29)12(2)8-13-14-9-15(26)20-21(27)16(30)6-7-22(20,3)24(14,28)17(31)10-23(13,25)4/h6-7,12-15,17,29,31H,5,8-11H2,1-4H3/t12-,13+,14+,15+,17+,22+,23+,24+,25+/m1/s1. The molecule has 4 aliphatic carbocycles. The Hall–Kier alpha value is -2.00. The van der Waals surface area contributed by atoms with Crippen molar-refractivity contribution in [2.45, 2.75) is 76.9 Å². The van der Waals surface area contributed by atoms with E-state index >= 15 is 8.78 Å². The quantitative estimate of drug-likeness (QED) is 0.595. The molecule has 0 aromatic rings. The average molecular weight is 485 g/mol. The molecule has 3 saturated carbocycles. The number of aliphatic hydroxyl groups excluding tert-OH is 2. The Morgan fingerprint density at radius 3 is 2.47 bits per heavy atom. The number of esters is 1. The maximum absolute atomic E-state index is 17.2. The van der Waals surface area contributed by atoms with Gasteiger partial charge in [-0.05, 0) is 38.2 Å². The maximum atomic E-state index is 17.2. The van der Waals surface area contributed by atoms with Crippen LogP contribution in [0.5, 0.6) is 0 Å². The number of carbonyl (C=O) groups excluding carboxylic acids is 3. The van der Waals surface area contributed by atoms with Gasteiger partial charge in [-0.2, -0.15) is 0 Å². The van der Waals surface area contributed by atoms with E-state index < -0.39 is 94.1 Å². The lowest BCUT2D eigenvalue weighted by atomic mass is 9.44. The van der Waals surface area contributed by atoms with E-state index in [0.717, 1.165) is 12.2 Å².